The van der Waals surface area contributed by atoms with Crippen molar-refractivity contribution in [3.8, 4) is 11.3 Å². The quantitative estimate of drug-likeness (QED) is 0.579. The van der Waals surface area contributed by atoms with Crippen LogP contribution in [0.4, 0.5) is 5.88 Å². The van der Waals surface area contributed by atoms with Crippen LogP contribution in [-0.2, 0) is 11.2 Å². The Kier molecular flexibility index (Phi) is 5.76. The van der Waals surface area contributed by atoms with E-state index in [-0.39, 0.29) is 11.7 Å². The number of benzene rings is 1. The lowest BCUT2D eigenvalue weighted by atomic mass is 10.0. The molecular formula is C20H23N5O2S. The molecule has 146 valence electrons. The summed E-state index contributed by atoms with van der Waals surface area (Å²) in [5.41, 5.74) is 2.81. The lowest BCUT2D eigenvalue weighted by molar-refractivity contribution is -0.113. The number of anilines is 1. The highest BCUT2D eigenvalue weighted by molar-refractivity contribution is 7.99. The molecule has 1 saturated carbocycles. The van der Waals surface area contributed by atoms with Gasteiger partial charge in [-0.1, -0.05) is 72.4 Å². The van der Waals surface area contributed by atoms with Crippen molar-refractivity contribution in [2.24, 2.45) is 5.92 Å². The molecular weight excluding hydrogens is 374 g/mol. The van der Waals surface area contributed by atoms with Gasteiger partial charge in [0.05, 0.1) is 5.75 Å². The number of thioether (sulfide) groups is 1. The molecule has 0 unspecified atom stereocenters. The van der Waals surface area contributed by atoms with Crippen molar-refractivity contribution in [3.63, 3.8) is 0 Å². The summed E-state index contributed by atoms with van der Waals surface area (Å²) >= 11 is 1.30. The number of hydrogen-bond donors (Lipinski definition) is 2. The fourth-order valence-corrected chi connectivity index (χ4v) is 4.04. The third-order valence-corrected chi connectivity index (χ3v) is 5.77. The fourth-order valence-electron chi connectivity index (χ4n) is 3.42. The number of H-pyrrole nitrogens is 1. The van der Waals surface area contributed by atoms with E-state index in [2.05, 4.69) is 25.7 Å². The molecule has 1 amide bonds. The lowest BCUT2D eigenvalue weighted by Crippen LogP contribution is -2.13. The Balaban J connectivity index is 1.27. The monoisotopic (exact) mass is 397 g/mol. The van der Waals surface area contributed by atoms with Gasteiger partial charge >= 0.3 is 0 Å². The van der Waals surface area contributed by atoms with Gasteiger partial charge in [0, 0.05) is 18.1 Å². The Morgan fingerprint density at radius 1 is 1.29 bits per heavy atom. The van der Waals surface area contributed by atoms with Crippen molar-refractivity contribution in [1.29, 1.82) is 0 Å². The van der Waals surface area contributed by atoms with E-state index in [1.54, 1.807) is 6.07 Å². The molecule has 4 rings (SSSR count). The number of nitrogens with zero attached hydrogens (tertiary/aromatic N) is 3. The van der Waals surface area contributed by atoms with Crippen LogP contribution < -0.4 is 5.32 Å². The molecule has 0 aliphatic heterocycles. The SMILES string of the molecule is Cc1ccc(-c2cc(NC(=O)CSc3n[nH]c(CC4CCCC4)n3)on2)cc1. The minimum atomic E-state index is -0.182. The van der Waals surface area contributed by atoms with Gasteiger partial charge in [-0.05, 0) is 12.8 Å². The lowest BCUT2D eigenvalue weighted by Gasteiger charge is -2.04. The van der Waals surface area contributed by atoms with E-state index < -0.39 is 0 Å². The number of carbonyl (C=O) groups is 1. The number of rotatable bonds is 7. The van der Waals surface area contributed by atoms with Crippen LogP contribution >= 0.6 is 11.8 Å². The van der Waals surface area contributed by atoms with Crippen molar-refractivity contribution in [2.45, 2.75) is 44.2 Å². The molecule has 0 atom stereocenters. The minimum absolute atomic E-state index is 0.182. The number of nitrogens with one attached hydrogen (secondary N) is 2. The number of carbonyl (C=O) groups excluding carboxylic acids is 1. The zero-order valence-corrected chi connectivity index (χ0v) is 16.6. The van der Waals surface area contributed by atoms with Crippen molar-refractivity contribution in [3.05, 3.63) is 41.7 Å². The molecule has 0 saturated heterocycles. The summed E-state index contributed by atoms with van der Waals surface area (Å²) in [5.74, 6) is 1.98. The molecule has 3 aromatic rings. The Morgan fingerprint density at radius 3 is 2.86 bits per heavy atom. The highest BCUT2D eigenvalue weighted by Crippen LogP contribution is 2.27. The van der Waals surface area contributed by atoms with E-state index in [1.807, 2.05) is 31.2 Å². The number of hydrogen-bond acceptors (Lipinski definition) is 6. The molecule has 7 nitrogen and oxygen atoms in total. The van der Waals surface area contributed by atoms with Crippen molar-refractivity contribution >= 4 is 23.6 Å². The van der Waals surface area contributed by atoms with E-state index in [9.17, 15) is 4.79 Å². The normalized spacial score (nSPS) is 14.5. The Hall–Kier alpha value is -2.61. The van der Waals surface area contributed by atoms with Crippen LogP contribution in [0.15, 0.2) is 40.0 Å². The summed E-state index contributed by atoms with van der Waals surface area (Å²) in [6, 6.07) is 9.69. The van der Waals surface area contributed by atoms with Crippen LogP contribution in [0.2, 0.25) is 0 Å². The maximum Gasteiger partial charge on any atom is 0.237 e. The van der Waals surface area contributed by atoms with E-state index in [0.29, 0.717) is 22.7 Å². The molecule has 28 heavy (non-hydrogen) atoms. The molecule has 1 aromatic carbocycles. The van der Waals surface area contributed by atoms with Crippen LogP contribution in [0.1, 0.15) is 37.1 Å². The molecule has 2 heterocycles. The molecule has 2 aromatic heterocycles. The topological polar surface area (TPSA) is 96.7 Å². The largest absolute Gasteiger partial charge is 0.338 e. The average molecular weight is 398 g/mol. The highest BCUT2D eigenvalue weighted by Gasteiger charge is 2.18. The Morgan fingerprint density at radius 2 is 2.07 bits per heavy atom. The maximum absolute atomic E-state index is 12.2. The number of aromatic nitrogens is 4. The Labute approximate surface area is 167 Å². The Bertz CT molecular complexity index is 928. The summed E-state index contributed by atoms with van der Waals surface area (Å²) in [4.78, 5) is 16.7. The predicted octanol–water partition coefficient (Wildman–Crippen LogP) is 4.23. The van der Waals surface area contributed by atoms with Gasteiger partial charge < -0.3 is 4.52 Å². The summed E-state index contributed by atoms with van der Waals surface area (Å²) in [6.45, 7) is 2.03. The smallest absolute Gasteiger partial charge is 0.237 e. The van der Waals surface area contributed by atoms with Crippen molar-refractivity contribution < 1.29 is 9.32 Å². The first-order chi connectivity index (χ1) is 13.7. The summed E-state index contributed by atoms with van der Waals surface area (Å²) < 4.78 is 5.22. The summed E-state index contributed by atoms with van der Waals surface area (Å²) in [5, 5.41) is 14.5. The van der Waals surface area contributed by atoms with Gasteiger partial charge in [-0.3, -0.25) is 15.2 Å². The van der Waals surface area contributed by atoms with Gasteiger partial charge in [-0.25, -0.2) is 4.98 Å². The zero-order chi connectivity index (χ0) is 19.3. The third-order valence-electron chi connectivity index (χ3n) is 4.92. The molecule has 1 fully saturated rings. The second-order valence-corrected chi connectivity index (χ2v) is 8.14. The fraction of sp³-hybridized carbons (Fsp3) is 0.400. The van der Waals surface area contributed by atoms with Gasteiger partial charge in [0.15, 0.2) is 0 Å². The molecule has 1 aliphatic carbocycles. The van der Waals surface area contributed by atoms with Crippen LogP contribution in [-0.4, -0.2) is 32.0 Å². The molecule has 0 radical (unpaired) electrons. The maximum atomic E-state index is 12.2. The van der Waals surface area contributed by atoms with Crippen LogP contribution in [0, 0.1) is 12.8 Å². The van der Waals surface area contributed by atoms with E-state index >= 15 is 0 Å². The number of amides is 1. The average Bonchev–Trinajstić information content (AvgIpc) is 3.44. The minimum Gasteiger partial charge on any atom is -0.338 e. The second kappa shape index (κ2) is 8.60. The van der Waals surface area contributed by atoms with E-state index in [0.717, 1.165) is 17.8 Å². The van der Waals surface area contributed by atoms with E-state index in [1.165, 1.54) is 43.0 Å². The first-order valence-electron chi connectivity index (χ1n) is 9.53. The second-order valence-electron chi connectivity index (χ2n) is 7.20. The van der Waals surface area contributed by atoms with Crippen molar-refractivity contribution in [1.82, 2.24) is 20.3 Å². The van der Waals surface area contributed by atoms with Crippen LogP contribution in [0.5, 0.6) is 0 Å². The zero-order valence-electron chi connectivity index (χ0n) is 15.8. The third kappa shape index (κ3) is 4.81. The first-order valence-corrected chi connectivity index (χ1v) is 10.5. The molecule has 0 spiro atoms. The molecule has 8 heteroatoms. The first kappa shape index (κ1) is 18.7. The number of aryl methyl sites for hydroxylation is 1. The predicted molar refractivity (Wildman–Crippen MR) is 108 cm³/mol. The van der Waals surface area contributed by atoms with Gasteiger partial charge in [0.25, 0.3) is 0 Å². The van der Waals surface area contributed by atoms with Crippen LogP contribution in [0.3, 0.4) is 0 Å². The van der Waals surface area contributed by atoms with Gasteiger partial charge in [-0.15, -0.1) is 5.10 Å². The standard InChI is InChI=1S/C20H23N5O2S/c1-13-6-8-15(9-7-13)16-11-19(27-25-16)22-18(26)12-28-20-21-17(23-24-20)10-14-4-2-3-5-14/h6-9,11,14H,2-5,10,12H2,1H3,(H,22,26)(H,21,23,24). The molecule has 1 aliphatic rings. The molecule has 2 N–H and O–H groups in total. The van der Waals surface area contributed by atoms with Crippen LogP contribution in [0.25, 0.3) is 11.3 Å². The summed E-state index contributed by atoms with van der Waals surface area (Å²) in [6.07, 6.45) is 6.11. The summed E-state index contributed by atoms with van der Waals surface area (Å²) in [7, 11) is 0. The van der Waals surface area contributed by atoms with Gasteiger partial charge in [0.2, 0.25) is 16.9 Å². The van der Waals surface area contributed by atoms with Gasteiger partial charge in [-0.2, -0.15) is 0 Å². The van der Waals surface area contributed by atoms with Gasteiger partial charge in [0.1, 0.15) is 11.5 Å². The van der Waals surface area contributed by atoms with E-state index in [4.69, 9.17) is 4.52 Å². The highest BCUT2D eigenvalue weighted by atomic mass is 32.2. The van der Waals surface area contributed by atoms with Crippen molar-refractivity contribution in [2.75, 3.05) is 11.1 Å². The number of aromatic amines is 1. The molecule has 0 bridgehead atoms.